The molecule has 8 nitrogen and oxygen atoms in total. The Labute approximate surface area is 192 Å². The SMILES string of the molecule is CCCN1C(=O)c2c(C(=O)NCCc3cccs3)ncn2C[C@]1(C)C(=O)NC1CCCC1. The van der Waals surface area contributed by atoms with E-state index in [0.717, 1.165) is 32.1 Å². The average molecular weight is 458 g/mol. The van der Waals surface area contributed by atoms with Crippen molar-refractivity contribution in [3.63, 3.8) is 0 Å². The van der Waals surface area contributed by atoms with Crippen molar-refractivity contribution >= 4 is 29.1 Å². The van der Waals surface area contributed by atoms with Crippen molar-refractivity contribution in [2.45, 2.75) is 70.5 Å². The van der Waals surface area contributed by atoms with Crippen LogP contribution in [0.3, 0.4) is 0 Å². The zero-order chi connectivity index (χ0) is 22.7. The highest BCUT2D eigenvalue weighted by molar-refractivity contribution is 7.09. The lowest BCUT2D eigenvalue weighted by atomic mass is 9.93. The van der Waals surface area contributed by atoms with Crippen LogP contribution in [0.2, 0.25) is 0 Å². The maximum atomic E-state index is 13.5. The molecule has 1 fully saturated rings. The lowest BCUT2D eigenvalue weighted by Gasteiger charge is -2.44. The average Bonchev–Trinajstić information content (AvgIpc) is 3.53. The number of hydrogen-bond acceptors (Lipinski definition) is 5. The van der Waals surface area contributed by atoms with Crippen LogP contribution in [0.5, 0.6) is 0 Å². The van der Waals surface area contributed by atoms with Gasteiger partial charge in [-0.15, -0.1) is 11.3 Å². The molecule has 4 rings (SSSR count). The summed E-state index contributed by atoms with van der Waals surface area (Å²) in [5, 5.41) is 8.03. The van der Waals surface area contributed by atoms with Crippen molar-refractivity contribution in [2.75, 3.05) is 13.1 Å². The number of aromatic nitrogens is 2. The van der Waals surface area contributed by atoms with E-state index in [1.165, 1.54) is 11.2 Å². The molecule has 172 valence electrons. The lowest BCUT2D eigenvalue weighted by molar-refractivity contribution is -0.133. The van der Waals surface area contributed by atoms with E-state index in [2.05, 4.69) is 15.6 Å². The highest BCUT2D eigenvalue weighted by Crippen LogP contribution is 2.30. The van der Waals surface area contributed by atoms with E-state index in [4.69, 9.17) is 0 Å². The maximum Gasteiger partial charge on any atom is 0.273 e. The molecule has 3 amide bonds. The summed E-state index contributed by atoms with van der Waals surface area (Å²) in [4.78, 5) is 46.7. The third-order valence-electron chi connectivity index (χ3n) is 6.44. The van der Waals surface area contributed by atoms with Gasteiger partial charge >= 0.3 is 0 Å². The molecule has 1 atom stereocenters. The molecule has 32 heavy (non-hydrogen) atoms. The molecular formula is C23H31N5O3S. The molecule has 0 radical (unpaired) electrons. The summed E-state index contributed by atoms with van der Waals surface area (Å²) < 4.78 is 1.66. The van der Waals surface area contributed by atoms with E-state index in [-0.39, 0.29) is 41.7 Å². The summed E-state index contributed by atoms with van der Waals surface area (Å²) in [5.41, 5.74) is -0.630. The predicted molar refractivity (Wildman–Crippen MR) is 123 cm³/mol. The Morgan fingerprint density at radius 1 is 1.31 bits per heavy atom. The Kier molecular flexibility index (Phi) is 6.64. The first-order valence-corrected chi connectivity index (χ1v) is 12.3. The first-order valence-electron chi connectivity index (χ1n) is 11.4. The van der Waals surface area contributed by atoms with Crippen molar-refractivity contribution in [3.8, 4) is 0 Å². The van der Waals surface area contributed by atoms with Gasteiger partial charge in [-0.1, -0.05) is 25.8 Å². The van der Waals surface area contributed by atoms with Crippen LogP contribution in [0.25, 0.3) is 0 Å². The number of rotatable bonds is 8. The molecule has 0 spiro atoms. The van der Waals surface area contributed by atoms with Crippen LogP contribution < -0.4 is 10.6 Å². The molecule has 0 saturated heterocycles. The van der Waals surface area contributed by atoms with Crippen LogP contribution in [0.1, 0.15) is 71.8 Å². The summed E-state index contributed by atoms with van der Waals surface area (Å²) in [7, 11) is 0. The van der Waals surface area contributed by atoms with Gasteiger partial charge in [0.05, 0.1) is 12.9 Å². The van der Waals surface area contributed by atoms with Crippen LogP contribution in [0.15, 0.2) is 23.8 Å². The number of thiophene rings is 1. The minimum absolute atomic E-state index is 0.125. The van der Waals surface area contributed by atoms with Crippen LogP contribution in [0.4, 0.5) is 0 Å². The van der Waals surface area contributed by atoms with Gasteiger partial charge in [-0.05, 0) is 44.1 Å². The smallest absolute Gasteiger partial charge is 0.273 e. The molecule has 0 unspecified atom stereocenters. The second kappa shape index (κ2) is 9.44. The quantitative estimate of drug-likeness (QED) is 0.637. The van der Waals surface area contributed by atoms with Gasteiger partial charge in [0.15, 0.2) is 5.69 Å². The monoisotopic (exact) mass is 457 g/mol. The van der Waals surface area contributed by atoms with E-state index in [1.807, 2.05) is 31.4 Å². The number of hydrogen-bond donors (Lipinski definition) is 2. The molecule has 3 heterocycles. The van der Waals surface area contributed by atoms with Crippen LogP contribution in [-0.2, 0) is 17.8 Å². The molecule has 0 bridgehead atoms. The van der Waals surface area contributed by atoms with Gasteiger partial charge in [0, 0.05) is 24.0 Å². The molecule has 2 aromatic rings. The second-order valence-corrected chi connectivity index (χ2v) is 9.87. The van der Waals surface area contributed by atoms with Crippen LogP contribution in [-0.4, -0.2) is 56.8 Å². The van der Waals surface area contributed by atoms with Gasteiger partial charge in [0.25, 0.3) is 11.8 Å². The van der Waals surface area contributed by atoms with Gasteiger partial charge in [-0.25, -0.2) is 4.98 Å². The van der Waals surface area contributed by atoms with Gasteiger partial charge in [0.1, 0.15) is 11.2 Å². The lowest BCUT2D eigenvalue weighted by Crippen LogP contribution is -2.65. The van der Waals surface area contributed by atoms with E-state index < -0.39 is 5.54 Å². The van der Waals surface area contributed by atoms with E-state index in [9.17, 15) is 14.4 Å². The molecule has 9 heteroatoms. The fourth-order valence-corrected chi connectivity index (χ4v) is 5.39. The van der Waals surface area contributed by atoms with Crippen LogP contribution in [0, 0.1) is 0 Å². The third-order valence-corrected chi connectivity index (χ3v) is 7.37. The number of nitrogens with one attached hydrogen (secondary N) is 2. The van der Waals surface area contributed by atoms with Crippen molar-refractivity contribution in [1.82, 2.24) is 25.1 Å². The van der Waals surface area contributed by atoms with Crippen molar-refractivity contribution < 1.29 is 14.4 Å². The zero-order valence-electron chi connectivity index (χ0n) is 18.7. The predicted octanol–water partition coefficient (Wildman–Crippen LogP) is 2.60. The molecular weight excluding hydrogens is 426 g/mol. The summed E-state index contributed by atoms with van der Waals surface area (Å²) in [6, 6.07) is 4.18. The summed E-state index contributed by atoms with van der Waals surface area (Å²) >= 11 is 1.64. The molecule has 1 aliphatic carbocycles. The summed E-state index contributed by atoms with van der Waals surface area (Å²) in [5.74, 6) is -0.810. The van der Waals surface area contributed by atoms with Crippen molar-refractivity contribution in [3.05, 3.63) is 40.1 Å². The first kappa shape index (κ1) is 22.5. The standard InChI is InChI=1S/C23H31N5O3S/c1-3-12-28-21(30)19-18(20(29)24-11-10-17-9-6-13-32-17)25-15-27(19)14-23(28,2)22(31)26-16-7-4-5-8-16/h6,9,13,15-16H,3-5,7-8,10-12,14H2,1-2H3,(H,24,29)(H,26,31)/t23-/m1/s1. The number of fused-ring (bicyclic) bond motifs is 1. The summed E-state index contributed by atoms with van der Waals surface area (Å²) in [6.45, 7) is 4.99. The third kappa shape index (κ3) is 4.30. The number of carbonyl (C=O) groups is 3. The minimum atomic E-state index is -1.02. The van der Waals surface area contributed by atoms with E-state index in [0.29, 0.717) is 19.5 Å². The maximum absolute atomic E-state index is 13.5. The Morgan fingerprint density at radius 3 is 2.78 bits per heavy atom. The minimum Gasteiger partial charge on any atom is -0.351 e. The molecule has 2 aliphatic rings. The fraction of sp³-hybridized carbons (Fsp3) is 0.565. The van der Waals surface area contributed by atoms with Crippen LogP contribution >= 0.6 is 11.3 Å². The molecule has 1 aliphatic heterocycles. The fourth-order valence-electron chi connectivity index (χ4n) is 4.68. The second-order valence-electron chi connectivity index (χ2n) is 8.84. The first-order chi connectivity index (χ1) is 15.4. The Balaban J connectivity index is 1.53. The van der Waals surface area contributed by atoms with E-state index in [1.54, 1.807) is 20.8 Å². The van der Waals surface area contributed by atoms with Crippen molar-refractivity contribution in [2.24, 2.45) is 0 Å². The number of imidazole rings is 1. The van der Waals surface area contributed by atoms with Crippen molar-refractivity contribution in [1.29, 1.82) is 0 Å². The molecule has 2 aromatic heterocycles. The Hall–Kier alpha value is -2.68. The topological polar surface area (TPSA) is 96.3 Å². The largest absolute Gasteiger partial charge is 0.351 e. The van der Waals surface area contributed by atoms with Gasteiger partial charge in [-0.3, -0.25) is 14.4 Å². The number of nitrogens with zero attached hydrogens (tertiary/aromatic N) is 3. The molecule has 1 saturated carbocycles. The number of amides is 3. The Morgan fingerprint density at radius 2 is 2.09 bits per heavy atom. The van der Waals surface area contributed by atoms with E-state index >= 15 is 0 Å². The normalized spacial score (nSPS) is 20.9. The highest BCUT2D eigenvalue weighted by atomic mass is 32.1. The summed E-state index contributed by atoms with van der Waals surface area (Å²) in [6.07, 6.45) is 7.16. The van der Waals surface area contributed by atoms with Gasteiger partial charge in [-0.2, -0.15) is 0 Å². The van der Waals surface area contributed by atoms with Gasteiger partial charge < -0.3 is 20.1 Å². The molecule has 2 N–H and O–H groups in total. The van der Waals surface area contributed by atoms with Gasteiger partial charge in [0.2, 0.25) is 5.91 Å². The Bertz CT molecular complexity index is 980. The molecule has 0 aromatic carbocycles. The zero-order valence-corrected chi connectivity index (χ0v) is 19.5. The highest BCUT2D eigenvalue weighted by Gasteiger charge is 2.48. The number of carbonyl (C=O) groups excluding carboxylic acids is 3.